The van der Waals surface area contributed by atoms with Crippen molar-refractivity contribution in [3.8, 4) is 5.75 Å². The van der Waals surface area contributed by atoms with E-state index in [1.54, 1.807) is 24.3 Å². The minimum absolute atomic E-state index is 0.182. The number of aliphatic hydroxyl groups excluding tert-OH is 1. The van der Waals surface area contributed by atoms with Crippen molar-refractivity contribution >= 4 is 5.69 Å². The number of ether oxygens (including phenoxy) is 2. The van der Waals surface area contributed by atoms with Crippen molar-refractivity contribution in [1.29, 1.82) is 0 Å². The number of hydrogen-bond acceptors (Lipinski definition) is 4. The number of rotatable bonds is 8. The SMILES string of the molecule is CCCC(C)OCC(O)COc1ccc(N)cc1. The first-order valence-electron chi connectivity index (χ1n) is 6.39. The average Bonchev–Trinajstić information content (AvgIpc) is 2.36. The predicted molar refractivity (Wildman–Crippen MR) is 72.7 cm³/mol. The summed E-state index contributed by atoms with van der Waals surface area (Å²) in [6.07, 6.45) is 1.66. The zero-order chi connectivity index (χ0) is 13.4. The van der Waals surface area contributed by atoms with Crippen LogP contribution in [0.3, 0.4) is 0 Å². The minimum atomic E-state index is -0.609. The van der Waals surface area contributed by atoms with Crippen LogP contribution in [-0.4, -0.2) is 30.5 Å². The summed E-state index contributed by atoms with van der Waals surface area (Å²) in [5.74, 6) is 0.699. The van der Waals surface area contributed by atoms with Crippen LogP contribution in [0.5, 0.6) is 5.75 Å². The molecule has 0 radical (unpaired) electrons. The molecule has 0 aliphatic heterocycles. The first kappa shape index (κ1) is 14.8. The molecule has 0 saturated heterocycles. The molecule has 0 amide bonds. The maximum Gasteiger partial charge on any atom is 0.119 e. The molecule has 0 aromatic heterocycles. The lowest BCUT2D eigenvalue weighted by molar-refractivity contribution is -0.0209. The van der Waals surface area contributed by atoms with Crippen LogP contribution in [0.4, 0.5) is 5.69 Å². The maximum atomic E-state index is 9.71. The van der Waals surface area contributed by atoms with Crippen molar-refractivity contribution in [2.75, 3.05) is 18.9 Å². The monoisotopic (exact) mass is 253 g/mol. The Labute approximate surface area is 109 Å². The summed E-state index contributed by atoms with van der Waals surface area (Å²) in [5, 5.41) is 9.71. The quantitative estimate of drug-likeness (QED) is 0.697. The Morgan fingerprint density at radius 3 is 2.50 bits per heavy atom. The normalized spacial score (nSPS) is 14.2. The lowest BCUT2D eigenvalue weighted by atomic mass is 10.2. The molecule has 2 unspecified atom stereocenters. The fourth-order valence-electron chi connectivity index (χ4n) is 1.57. The van der Waals surface area contributed by atoms with E-state index in [9.17, 15) is 5.11 Å². The summed E-state index contributed by atoms with van der Waals surface area (Å²) in [6, 6.07) is 7.09. The minimum Gasteiger partial charge on any atom is -0.491 e. The van der Waals surface area contributed by atoms with Gasteiger partial charge in [-0.25, -0.2) is 0 Å². The van der Waals surface area contributed by atoms with Crippen LogP contribution in [0.25, 0.3) is 0 Å². The molecule has 1 aromatic carbocycles. The van der Waals surface area contributed by atoms with Crippen molar-refractivity contribution in [3.63, 3.8) is 0 Å². The topological polar surface area (TPSA) is 64.7 Å². The zero-order valence-corrected chi connectivity index (χ0v) is 11.1. The standard InChI is InChI=1S/C14H23NO3/c1-3-4-11(2)17-9-13(16)10-18-14-7-5-12(15)6-8-14/h5-8,11,13,16H,3-4,9-10,15H2,1-2H3. The average molecular weight is 253 g/mol. The molecule has 4 nitrogen and oxygen atoms in total. The van der Waals surface area contributed by atoms with Gasteiger partial charge in [-0.1, -0.05) is 13.3 Å². The van der Waals surface area contributed by atoms with E-state index >= 15 is 0 Å². The van der Waals surface area contributed by atoms with Crippen LogP contribution in [0.1, 0.15) is 26.7 Å². The van der Waals surface area contributed by atoms with Gasteiger partial charge in [-0.2, -0.15) is 0 Å². The Kier molecular flexibility index (Phi) is 6.54. The smallest absolute Gasteiger partial charge is 0.119 e. The molecule has 0 fully saturated rings. The molecule has 0 heterocycles. The first-order chi connectivity index (χ1) is 8.61. The molecule has 3 N–H and O–H groups in total. The molecule has 0 aliphatic rings. The lowest BCUT2D eigenvalue weighted by Crippen LogP contribution is -2.25. The van der Waals surface area contributed by atoms with Crippen LogP contribution < -0.4 is 10.5 Å². The van der Waals surface area contributed by atoms with E-state index in [4.69, 9.17) is 15.2 Å². The fraction of sp³-hybridized carbons (Fsp3) is 0.571. The highest BCUT2D eigenvalue weighted by atomic mass is 16.5. The molecule has 0 saturated carbocycles. The second-order valence-electron chi connectivity index (χ2n) is 4.47. The summed E-state index contributed by atoms with van der Waals surface area (Å²) in [4.78, 5) is 0. The highest BCUT2D eigenvalue weighted by Crippen LogP contribution is 2.13. The van der Waals surface area contributed by atoms with Gasteiger partial charge >= 0.3 is 0 Å². The summed E-state index contributed by atoms with van der Waals surface area (Å²) in [6.45, 7) is 4.65. The van der Waals surface area contributed by atoms with E-state index < -0.39 is 6.10 Å². The van der Waals surface area contributed by atoms with Gasteiger partial charge in [0.2, 0.25) is 0 Å². The molecule has 4 heteroatoms. The van der Waals surface area contributed by atoms with Crippen molar-refractivity contribution < 1.29 is 14.6 Å². The van der Waals surface area contributed by atoms with Crippen molar-refractivity contribution in [1.82, 2.24) is 0 Å². The van der Waals surface area contributed by atoms with Gasteiger partial charge in [-0.3, -0.25) is 0 Å². The Balaban J connectivity index is 2.20. The Morgan fingerprint density at radius 1 is 1.22 bits per heavy atom. The molecular formula is C14H23NO3. The molecule has 102 valence electrons. The van der Waals surface area contributed by atoms with Gasteiger partial charge < -0.3 is 20.3 Å². The molecule has 0 aliphatic carbocycles. The fourth-order valence-corrected chi connectivity index (χ4v) is 1.57. The molecular weight excluding hydrogens is 230 g/mol. The van der Waals surface area contributed by atoms with Gasteiger partial charge in [-0.15, -0.1) is 0 Å². The maximum absolute atomic E-state index is 9.71. The van der Waals surface area contributed by atoms with Crippen molar-refractivity contribution in [2.24, 2.45) is 0 Å². The second kappa shape index (κ2) is 7.95. The van der Waals surface area contributed by atoms with E-state index in [0.29, 0.717) is 18.0 Å². The van der Waals surface area contributed by atoms with E-state index in [2.05, 4.69) is 6.92 Å². The van der Waals surface area contributed by atoms with E-state index in [1.807, 2.05) is 6.92 Å². The second-order valence-corrected chi connectivity index (χ2v) is 4.47. The first-order valence-corrected chi connectivity index (χ1v) is 6.39. The van der Waals surface area contributed by atoms with Crippen LogP contribution in [0.15, 0.2) is 24.3 Å². The van der Waals surface area contributed by atoms with E-state index in [1.165, 1.54) is 0 Å². The third-order valence-corrected chi connectivity index (χ3v) is 2.59. The highest BCUT2D eigenvalue weighted by Gasteiger charge is 2.08. The van der Waals surface area contributed by atoms with E-state index in [0.717, 1.165) is 12.8 Å². The van der Waals surface area contributed by atoms with Crippen LogP contribution in [-0.2, 0) is 4.74 Å². The molecule has 2 atom stereocenters. The third kappa shape index (κ3) is 5.89. The number of benzene rings is 1. The highest BCUT2D eigenvalue weighted by molar-refractivity contribution is 5.41. The number of nitrogens with two attached hydrogens (primary N) is 1. The largest absolute Gasteiger partial charge is 0.491 e. The lowest BCUT2D eigenvalue weighted by Gasteiger charge is -2.16. The van der Waals surface area contributed by atoms with Crippen molar-refractivity contribution in [2.45, 2.75) is 38.9 Å². The van der Waals surface area contributed by atoms with Gasteiger partial charge in [0, 0.05) is 5.69 Å². The molecule has 1 aromatic rings. The summed E-state index contributed by atoms with van der Waals surface area (Å²) in [7, 11) is 0. The van der Waals surface area contributed by atoms with Crippen LogP contribution >= 0.6 is 0 Å². The van der Waals surface area contributed by atoms with Gasteiger partial charge in [0.15, 0.2) is 0 Å². The van der Waals surface area contributed by atoms with Gasteiger partial charge in [0.1, 0.15) is 18.5 Å². The third-order valence-electron chi connectivity index (χ3n) is 2.59. The molecule has 0 spiro atoms. The van der Waals surface area contributed by atoms with Gasteiger partial charge in [0.05, 0.1) is 12.7 Å². The summed E-state index contributed by atoms with van der Waals surface area (Å²) >= 11 is 0. The number of aliphatic hydroxyl groups is 1. The predicted octanol–water partition coefficient (Wildman–Crippen LogP) is 2.21. The molecule has 18 heavy (non-hydrogen) atoms. The van der Waals surface area contributed by atoms with Gasteiger partial charge in [0.25, 0.3) is 0 Å². The number of anilines is 1. The summed E-state index contributed by atoms with van der Waals surface area (Å²) < 4.78 is 10.9. The number of nitrogen functional groups attached to an aromatic ring is 1. The zero-order valence-electron chi connectivity index (χ0n) is 11.1. The molecule has 0 bridgehead atoms. The molecule has 1 rings (SSSR count). The Bertz CT molecular complexity index is 326. The van der Waals surface area contributed by atoms with Crippen LogP contribution in [0, 0.1) is 0 Å². The Morgan fingerprint density at radius 2 is 1.89 bits per heavy atom. The van der Waals surface area contributed by atoms with E-state index in [-0.39, 0.29) is 12.7 Å². The number of hydrogen-bond donors (Lipinski definition) is 2. The van der Waals surface area contributed by atoms with Crippen molar-refractivity contribution in [3.05, 3.63) is 24.3 Å². The van der Waals surface area contributed by atoms with Crippen LogP contribution in [0.2, 0.25) is 0 Å². The Hall–Kier alpha value is -1.26. The summed E-state index contributed by atoms with van der Waals surface area (Å²) in [5.41, 5.74) is 6.26. The van der Waals surface area contributed by atoms with Gasteiger partial charge in [-0.05, 0) is 37.6 Å².